The van der Waals surface area contributed by atoms with Gasteiger partial charge in [0.2, 0.25) is 10.0 Å². The molecule has 0 aliphatic heterocycles. The van der Waals surface area contributed by atoms with E-state index in [1.165, 1.54) is 18.4 Å². The van der Waals surface area contributed by atoms with Gasteiger partial charge in [-0.1, -0.05) is 0 Å². The fourth-order valence-corrected chi connectivity index (χ4v) is 2.32. The van der Waals surface area contributed by atoms with Gasteiger partial charge in [-0.3, -0.25) is 0 Å². The van der Waals surface area contributed by atoms with Gasteiger partial charge in [0.15, 0.2) is 5.75 Å². The Kier molecular flexibility index (Phi) is 3.79. The van der Waals surface area contributed by atoms with Gasteiger partial charge in [0.25, 0.3) is 0 Å². The molecule has 0 atom stereocenters. The molecule has 1 heterocycles. The fraction of sp³-hybridized carbons (Fsp3) is 0.500. The minimum absolute atomic E-state index is 0.217. The number of hydrogen-bond donors (Lipinski definition) is 0. The second-order valence-corrected chi connectivity index (χ2v) is 6.17. The highest BCUT2D eigenvalue weighted by molar-refractivity contribution is 7.89. The van der Waals surface area contributed by atoms with E-state index >= 15 is 0 Å². The minimum Gasteiger partial charge on any atom is -0.245 e. The molecule has 1 rings (SSSR count). The third-order valence-electron chi connectivity index (χ3n) is 1.77. The molecule has 0 amide bonds. The minimum atomic E-state index is -3.46. The molecule has 7 heteroatoms. The van der Waals surface area contributed by atoms with Crippen molar-refractivity contribution in [1.82, 2.24) is 9.29 Å². The van der Waals surface area contributed by atoms with Crippen molar-refractivity contribution < 1.29 is 8.42 Å². The van der Waals surface area contributed by atoms with Crippen molar-refractivity contribution >= 4 is 21.4 Å². The largest absolute Gasteiger partial charge is 0.245 e. The summed E-state index contributed by atoms with van der Waals surface area (Å²) in [5.41, 5.74) is 0.710. The molecule has 0 unspecified atom stereocenters. The van der Waals surface area contributed by atoms with Gasteiger partial charge in [0.1, 0.15) is 0 Å². The first kappa shape index (κ1) is 12.1. The van der Waals surface area contributed by atoms with E-state index in [0.29, 0.717) is 5.69 Å². The second-order valence-electron chi connectivity index (χ2n) is 3.03. The number of aromatic nitrogens is 1. The summed E-state index contributed by atoms with van der Waals surface area (Å²) < 4.78 is 24.0. The Morgan fingerprint density at radius 2 is 2.33 bits per heavy atom. The Balaban J connectivity index is 2.72. The van der Waals surface area contributed by atoms with E-state index in [1.807, 2.05) is 12.3 Å². The van der Waals surface area contributed by atoms with E-state index in [2.05, 4.69) is 4.98 Å². The van der Waals surface area contributed by atoms with Crippen molar-refractivity contribution in [3.05, 3.63) is 16.1 Å². The predicted octanol–water partition coefficient (Wildman–Crippen LogP) is 0.737. The van der Waals surface area contributed by atoms with Crippen LogP contribution < -0.4 is 0 Å². The topological polar surface area (TPSA) is 74.1 Å². The van der Waals surface area contributed by atoms with Crippen LogP contribution in [-0.4, -0.2) is 30.5 Å². The fourth-order valence-electron chi connectivity index (χ4n) is 0.999. The van der Waals surface area contributed by atoms with Gasteiger partial charge in [-0.25, -0.2) is 13.4 Å². The number of nitriles is 1. The molecule has 0 N–H and O–H groups in total. The van der Waals surface area contributed by atoms with E-state index in [0.717, 1.165) is 9.31 Å². The monoisotopic (exact) mass is 245 g/mol. The van der Waals surface area contributed by atoms with Crippen LogP contribution in [-0.2, 0) is 16.6 Å². The molecule has 0 aliphatic rings. The normalized spacial score (nSPS) is 11.6. The number of aryl methyl sites for hydroxylation is 1. The standard InChI is InChI=1S/C8H11N3O2S2/c1-7-10-8(6-14-7)5-11(2)15(12,13)4-3-9/h6H,4-5H2,1-2H3. The van der Waals surface area contributed by atoms with Crippen LogP contribution >= 0.6 is 11.3 Å². The van der Waals surface area contributed by atoms with Crippen molar-refractivity contribution in [1.29, 1.82) is 5.26 Å². The summed E-state index contributed by atoms with van der Waals surface area (Å²) in [7, 11) is -2.02. The lowest BCUT2D eigenvalue weighted by molar-refractivity contribution is 0.465. The lowest BCUT2D eigenvalue weighted by Gasteiger charge is -2.13. The van der Waals surface area contributed by atoms with E-state index in [1.54, 1.807) is 6.07 Å². The Morgan fingerprint density at radius 1 is 1.67 bits per heavy atom. The van der Waals surface area contributed by atoms with Crippen LogP contribution in [0.25, 0.3) is 0 Å². The Labute approximate surface area is 93.0 Å². The summed E-state index contributed by atoms with van der Waals surface area (Å²) in [5.74, 6) is -0.493. The van der Waals surface area contributed by atoms with E-state index < -0.39 is 15.8 Å². The molecule has 1 aromatic heterocycles. The van der Waals surface area contributed by atoms with Crippen LogP contribution in [0.5, 0.6) is 0 Å². The van der Waals surface area contributed by atoms with Crippen LogP contribution in [0, 0.1) is 18.3 Å². The highest BCUT2D eigenvalue weighted by Crippen LogP contribution is 2.11. The van der Waals surface area contributed by atoms with Gasteiger partial charge in [0.05, 0.1) is 23.3 Å². The number of nitrogens with zero attached hydrogens (tertiary/aromatic N) is 3. The van der Waals surface area contributed by atoms with E-state index in [9.17, 15) is 8.42 Å². The average molecular weight is 245 g/mol. The smallest absolute Gasteiger partial charge is 0.227 e. The molecule has 82 valence electrons. The highest BCUT2D eigenvalue weighted by Gasteiger charge is 2.18. The Morgan fingerprint density at radius 3 is 2.80 bits per heavy atom. The molecule has 0 saturated heterocycles. The van der Waals surface area contributed by atoms with Crippen molar-refractivity contribution in [3.63, 3.8) is 0 Å². The lowest BCUT2D eigenvalue weighted by atomic mass is 10.5. The van der Waals surface area contributed by atoms with Gasteiger partial charge in [-0.05, 0) is 6.92 Å². The SMILES string of the molecule is Cc1nc(CN(C)S(=O)(=O)CC#N)cs1. The number of rotatable bonds is 4. The van der Waals surface area contributed by atoms with Gasteiger partial charge < -0.3 is 0 Å². The third-order valence-corrected chi connectivity index (χ3v) is 4.17. The van der Waals surface area contributed by atoms with E-state index in [-0.39, 0.29) is 6.54 Å². The number of thiazole rings is 1. The number of sulfonamides is 1. The third kappa shape index (κ3) is 3.27. The zero-order valence-corrected chi connectivity index (χ0v) is 10.1. The molecule has 15 heavy (non-hydrogen) atoms. The predicted molar refractivity (Wildman–Crippen MR) is 57.7 cm³/mol. The Bertz CT molecular complexity index is 472. The molecule has 0 aliphatic carbocycles. The molecule has 0 bridgehead atoms. The summed E-state index contributed by atoms with van der Waals surface area (Å²) in [4.78, 5) is 4.15. The molecular formula is C8H11N3O2S2. The van der Waals surface area contributed by atoms with Gasteiger partial charge >= 0.3 is 0 Å². The van der Waals surface area contributed by atoms with Crippen LogP contribution in [0.4, 0.5) is 0 Å². The maximum atomic E-state index is 11.4. The number of hydrogen-bond acceptors (Lipinski definition) is 5. The molecule has 1 aromatic rings. The van der Waals surface area contributed by atoms with E-state index in [4.69, 9.17) is 5.26 Å². The zero-order valence-electron chi connectivity index (χ0n) is 8.47. The first-order chi connectivity index (χ1) is 6.95. The van der Waals surface area contributed by atoms with Gasteiger partial charge in [-0.15, -0.1) is 11.3 Å². The van der Waals surface area contributed by atoms with Crippen LogP contribution in [0.3, 0.4) is 0 Å². The van der Waals surface area contributed by atoms with Crippen LogP contribution in [0.1, 0.15) is 10.7 Å². The molecule has 5 nitrogen and oxygen atoms in total. The summed E-state index contributed by atoms with van der Waals surface area (Å²) in [6.45, 7) is 2.08. The van der Waals surface area contributed by atoms with Crippen molar-refractivity contribution in [2.24, 2.45) is 0 Å². The van der Waals surface area contributed by atoms with Crippen molar-refractivity contribution in [2.75, 3.05) is 12.8 Å². The summed E-state index contributed by atoms with van der Waals surface area (Å²) >= 11 is 1.47. The average Bonchev–Trinajstić information content (AvgIpc) is 2.51. The second kappa shape index (κ2) is 4.70. The van der Waals surface area contributed by atoms with Crippen molar-refractivity contribution in [3.8, 4) is 6.07 Å². The quantitative estimate of drug-likeness (QED) is 0.784. The van der Waals surface area contributed by atoms with Crippen LogP contribution in [0.2, 0.25) is 0 Å². The molecule has 0 spiro atoms. The molecular weight excluding hydrogens is 234 g/mol. The summed E-state index contributed by atoms with van der Waals surface area (Å²) in [6, 6.07) is 1.63. The first-order valence-corrected chi connectivity index (χ1v) is 6.66. The van der Waals surface area contributed by atoms with Crippen molar-refractivity contribution in [2.45, 2.75) is 13.5 Å². The summed E-state index contributed by atoms with van der Waals surface area (Å²) in [5, 5.41) is 11.1. The maximum absolute atomic E-state index is 11.4. The molecule has 0 radical (unpaired) electrons. The summed E-state index contributed by atoms with van der Waals surface area (Å²) in [6.07, 6.45) is 0. The molecule has 0 saturated carbocycles. The van der Waals surface area contributed by atoms with Crippen LogP contribution in [0.15, 0.2) is 5.38 Å². The van der Waals surface area contributed by atoms with Gasteiger partial charge in [-0.2, -0.15) is 9.57 Å². The molecule has 0 fully saturated rings. The lowest BCUT2D eigenvalue weighted by Crippen LogP contribution is -2.28. The van der Waals surface area contributed by atoms with Gasteiger partial charge in [0, 0.05) is 12.4 Å². The Hall–Kier alpha value is -0.970. The molecule has 0 aromatic carbocycles. The first-order valence-electron chi connectivity index (χ1n) is 4.17. The maximum Gasteiger partial charge on any atom is 0.227 e. The zero-order chi connectivity index (χ0) is 11.5. The highest BCUT2D eigenvalue weighted by atomic mass is 32.2.